The van der Waals surface area contributed by atoms with Gasteiger partial charge in [-0.05, 0) is 26.2 Å². The van der Waals surface area contributed by atoms with Gasteiger partial charge in [-0.2, -0.15) is 5.26 Å². The van der Waals surface area contributed by atoms with Crippen LogP contribution in [0.15, 0.2) is 4.79 Å². The number of pyridine rings is 1. The van der Waals surface area contributed by atoms with Crippen LogP contribution in [0.25, 0.3) is 10.3 Å². The van der Waals surface area contributed by atoms with E-state index in [4.69, 9.17) is 0 Å². The maximum atomic E-state index is 12.4. The quantitative estimate of drug-likeness (QED) is 0.807. The van der Waals surface area contributed by atoms with Gasteiger partial charge in [-0.25, -0.2) is 4.98 Å². The second-order valence-electron chi connectivity index (χ2n) is 5.13. The average molecular weight is 288 g/mol. The fourth-order valence-electron chi connectivity index (χ4n) is 2.80. The first-order valence-electron chi connectivity index (χ1n) is 6.78. The van der Waals surface area contributed by atoms with Gasteiger partial charge in [0.05, 0.1) is 10.7 Å². The van der Waals surface area contributed by atoms with Crippen molar-refractivity contribution in [2.24, 2.45) is 7.05 Å². The number of fused-ring (bicyclic) bond motifs is 1. The van der Waals surface area contributed by atoms with Crippen LogP contribution >= 0.6 is 11.3 Å². The average Bonchev–Trinajstić information content (AvgIpc) is 2.85. The number of piperidine rings is 1. The lowest BCUT2D eigenvalue weighted by Gasteiger charge is -2.29. The predicted octanol–water partition coefficient (Wildman–Crippen LogP) is 2.17. The predicted molar refractivity (Wildman–Crippen MR) is 80.4 cm³/mol. The van der Waals surface area contributed by atoms with Gasteiger partial charge in [0.1, 0.15) is 22.0 Å². The molecule has 5 nitrogen and oxygen atoms in total. The zero-order valence-electron chi connectivity index (χ0n) is 11.6. The van der Waals surface area contributed by atoms with E-state index in [1.165, 1.54) is 17.8 Å². The SMILES string of the molecule is Cc1nc2c(N3CCCCC3)c(C#N)c(=O)n(C)c2s1. The van der Waals surface area contributed by atoms with Gasteiger partial charge in [-0.15, -0.1) is 11.3 Å². The molecule has 0 spiro atoms. The van der Waals surface area contributed by atoms with Crippen molar-refractivity contribution in [2.45, 2.75) is 26.2 Å². The van der Waals surface area contributed by atoms with E-state index < -0.39 is 0 Å². The van der Waals surface area contributed by atoms with Gasteiger partial charge in [0.2, 0.25) is 0 Å². The number of rotatable bonds is 1. The Morgan fingerprint density at radius 3 is 2.65 bits per heavy atom. The van der Waals surface area contributed by atoms with Gasteiger partial charge in [0.15, 0.2) is 0 Å². The van der Waals surface area contributed by atoms with Crippen molar-refractivity contribution in [3.05, 3.63) is 20.9 Å². The number of thiazole rings is 1. The third kappa shape index (κ3) is 1.90. The minimum Gasteiger partial charge on any atom is -0.368 e. The summed E-state index contributed by atoms with van der Waals surface area (Å²) in [6.45, 7) is 3.72. The molecule has 0 aliphatic carbocycles. The standard InChI is InChI=1S/C14H16N4OS/c1-9-16-11-12(18-6-4-3-5-7-18)10(8-15)13(19)17(2)14(11)20-9/h3-7H2,1-2H3. The molecule has 0 unspecified atom stereocenters. The smallest absolute Gasteiger partial charge is 0.271 e. The molecule has 0 aromatic carbocycles. The number of hydrogen-bond acceptors (Lipinski definition) is 5. The molecule has 0 amide bonds. The lowest BCUT2D eigenvalue weighted by Crippen LogP contribution is -2.33. The lowest BCUT2D eigenvalue weighted by atomic mass is 10.1. The van der Waals surface area contributed by atoms with E-state index in [1.807, 2.05) is 6.92 Å². The first-order valence-corrected chi connectivity index (χ1v) is 7.60. The fourth-order valence-corrected chi connectivity index (χ4v) is 3.68. The summed E-state index contributed by atoms with van der Waals surface area (Å²) in [5, 5.41) is 10.3. The lowest BCUT2D eigenvalue weighted by molar-refractivity contribution is 0.578. The van der Waals surface area contributed by atoms with E-state index in [9.17, 15) is 10.1 Å². The van der Waals surface area contributed by atoms with Crippen molar-refractivity contribution in [3.63, 3.8) is 0 Å². The molecule has 1 aliphatic rings. The normalized spacial score (nSPS) is 15.6. The van der Waals surface area contributed by atoms with Crippen LogP contribution in [0, 0.1) is 18.3 Å². The second-order valence-corrected chi connectivity index (χ2v) is 6.32. The van der Waals surface area contributed by atoms with Crippen molar-refractivity contribution >= 4 is 27.4 Å². The van der Waals surface area contributed by atoms with Crippen molar-refractivity contribution in [1.29, 1.82) is 5.26 Å². The monoisotopic (exact) mass is 288 g/mol. The summed E-state index contributed by atoms with van der Waals surface area (Å²) in [6.07, 6.45) is 3.41. The molecule has 0 atom stereocenters. The van der Waals surface area contributed by atoms with Crippen LogP contribution in [0.2, 0.25) is 0 Å². The summed E-state index contributed by atoms with van der Waals surface area (Å²) in [5.41, 5.74) is 1.55. The highest BCUT2D eigenvalue weighted by atomic mass is 32.1. The number of aromatic nitrogens is 2. The first-order chi connectivity index (χ1) is 9.63. The highest BCUT2D eigenvalue weighted by molar-refractivity contribution is 7.18. The van der Waals surface area contributed by atoms with Gasteiger partial charge in [-0.1, -0.05) is 0 Å². The molecule has 1 fully saturated rings. The van der Waals surface area contributed by atoms with Gasteiger partial charge in [-0.3, -0.25) is 4.79 Å². The Morgan fingerprint density at radius 1 is 1.30 bits per heavy atom. The summed E-state index contributed by atoms with van der Waals surface area (Å²) in [5.74, 6) is 0. The summed E-state index contributed by atoms with van der Waals surface area (Å²) in [6, 6.07) is 2.09. The van der Waals surface area contributed by atoms with Crippen LogP contribution in [-0.4, -0.2) is 22.6 Å². The van der Waals surface area contributed by atoms with Crippen LogP contribution in [0.3, 0.4) is 0 Å². The molecule has 6 heteroatoms. The number of nitriles is 1. The minimum atomic E-state index is -0.218. The van der Waals surface area contributed by atoms with E-state index in [-0.39, 0.29) is 11.1 Å². The molecule has 104 valence electrons. The molecule has 0 N–H and O–H groups in total. The fraction of sp³-hybridized carbons (Fsp3) is 0.500. The Labute approximate surface area is 121 Å². The molecule has 0 radical (unpaired) electrons. The Bertz CT molecular complexity index is 762. The number of aryl methyl sites for hydroxylation is 2. The molecular formula is C14H16N4OS. The number of nitrogens with zero attached hydrogens (tertiary/aromatic N) is 4. The molecule has 20 heavy (non-hydrogen) atoms. The Morgan fingerprint density at radius 2 is 2.00 bits per heavy atom. The molecule has 1 saturated heterocycles. The van der Waals surface area contributed by atoms with Crippen LogP contribution in [-0.2, 0) is 7.05 Å². The molecular weight excluding hydrogens is 272 g/mol. The number of anilines is 1. The van der Waals surface area contributed by atoms with E-state index in [2.05, 4.69) is 16.0 Å². The van der Waals surface area contributed by atoms with Gasteiger partial charge in [0, 0.05) is 20.1 Å². The highest BCUT2D eigenvalue weighted by Gasteiger charge is 2.24. The Hall–Kier alpha value is -1.87. The maximum absolute atomic E-state index is 12.4. The molecule has 1 aliphatic heterocycles. The summed E-state index contributed by atoms with van der Waals surface area (Å²) >= 11 is 1.51. The summed E-state index contributed by atoms with van der Waals surface area (Å²) in [4.78, 5) is 20.0. The van der Waals surface area contributed by atoms with Gasteiger partial charge < -0.3 is 9.47 Å². The van der Waals surface area contributed by atoms with Gasteiger partial charge >= 0.3 is 0 Å². The summed E-state index contributed by atoms with van der Waals surface area (Å²) in [7, 11) is 1.71. The third-order valence-corrected chi connectivity index (χ3v) is 4.83. The molecule has 3 heterocycles. The van der Waals surface area contributed by atoms with E-state index >= 15 is 0 Å². The molecule has 0 bridgehead atoms. The molecule has 2 aromatic heterocycles. The van der Waals surface area contributed by atoms with Crippen LogP contribution in [0.4, 0.5) is 5.69 Å². The molecule has 0 saturated carbocycles. The Balaban J connectivity index is 2.35. The Kier molecular flexibility index (Phi) is 3.22. The van der Waals surface area contributed by atoms with Crippen LogP contribution in [0.1, 0.15) is 29.8 Å². The van der Waals surface area contributed by atoms with Crippen LogP contribution in [0.5, 0.6) is 0 Å². The minimum absolute atomic E-state index is 0.218. The second kappa shape index (κ2) is 4.91. The van der Waals surface area contributed by atoms with E-state index in [0.29, 0.717) is 0 Å². The first kappa shape index (κ1) is 13.1. The van der Waals surface area contributed by atoms with E-state index in [1.54, 1.807) is 11.6 Å². The van der Waals surface area contributed by atoms with Crippen molar-refractivity contribution in [2.75, 3.05) is 18.0 Å². The van der Waals surface area contributed by atoms with Gasteiger partial charge in [0.25, 0.3) is 5.56 Å². The zero-order chi connectivity index (χ0) is 14.3. The highest BCUT2D eigenvalue weighted by Crippen LogP contribution is 2.32. The van der Waals surface area contributed by atoms with E-state index in [0.717, 1.165) is 47.0 Å². The van der Waals surface area contributed by atoms with Crippen molar-refractivity contribution in [1.82, 2.24) is 9.55 Å². The molecule has 2 aromatic rings. The zero-order valence-corrected chi connectivity index (χ0v) is 12.5. The molecule has 3 rings (SSSR count). The number of hydrogen-bond donors (Lipinski definition) is 0. The van der Waals surface area contributed by atoms with Crippen LogP contribution < -0.4 is 10.5 Å². The third-order valence-electron chi connectivity index (χ3n) is 3.78. The topological polar surface area (TPSA) is 61.9 Å². The largest absolute Gasteiger partial charge is 0.368 e. The summed E-state index contributed by atoms with van der Waals surface area (Å²) < 4.78 is 1.55. The van der Waals surface area contributed by atoms with Crippen molar-refractivity contribution < 1.29 is 0 Å². The van der Waals surface area contributed by atoms with Crippen molar-refractivity contribution in [3.8, 4) is 6.07 Å². The maximum Gasteiger partial charge on any atom is 0.271 e.